The van der Waals surface area contributed by atoms with Crippen LogP contribution < -0.4 is 4.90 Å². The number of hydrogen-bond donors (Lipinski definition) is 0. The summed E-state index contributed by atoms with van der Waals surface area (Å²) in [5.74, 6) is 0. The molecule has 0 bridgehead atoms. The first kappa shape index (κ1) is 36.9. The summed E-state index contributed by atoms with van der Waals surface area (Å²) in [6.07, 6.45) is 0. The minimum absolute atomic E-state index is 0.143. The van der Waals surface area contributed by atoms with E-state index in [-0.39, 0.29) is 10.8 Å². The van der Waals surface area contributed by atoms with Gasteiger partial charge in [-0.2, -0.15) is 0 Å². The van der Waals surface area contributed by atoms with Crippen molar-refractivity contribution in [2.45, 2.75) is 38.5 Å². The van der Waals surface area contributed by atoms with Crippen molar-refractivity contribution in [1.82, 2.24) is 4.57 Å². The van der Waals surface area contributed by atoms with E-state index in [1.165, 1.54) is 110 Å². The van der Waals surface area contributed by atoms with Crippen molar-refractivity contribution < 1.29 is 0 Å². The van der Waals surface area contributed by atoms with Crippen LogP contribution in [0.2, 0.25) is 0 Å². The van der Waals surface area contributed by atoms with Gasteiger partial charge in [0.05, 0.1) is 16.7 Å². The van der Waals surface area contributed by atoms with E-state index in [1.807, 2.05) is 0 Å². The Balaban J connectivity index is 1.07. The summed E-state index contributed by atoms with van der Waals surface area (Å²) in [7, 11) is 0. The number of benzene rings is 10. The minimum Gasteiger partial charge on any atom is -0.310 e. The van der Waals surface area contributed by atoms with Crippen LogP contribution in [0, 0.1) is 0 Å². The fraction of sp³-hybridized carbons (Fsp3) is 0.0968. The number of nitrogens with zero attached hydrogens (tertiary/aromatic N) is 2. The molecule has 13 rings (SSSR count). The van der Waals surface area contributed by atoms with Gasteiger partial charge >= 0.3 is 0 Å². The van der Waals surface area contributed by atoms with Crippen LogP contribution in [0.15, 0.2) is 206 Å². The summed E-state index contributed by atoms with van der Waals surface area (Å²) in [6, 6.07) is 77.2. The Labute approximate surface area is 374 Å². The quantitative estimate of drug-likeness (QED) is 0.157. The van der Waals surface area contributed by atoms with Crippen molar-refractivity contribution in [2.75, 3.05) is 4.90 Å². The SMILES string of the molecule is CC1(C)c2ccccc2-c2ccc(N(c3ccc4c(c3)C(C)(C)c3ccccc3-4)c3ccc(-c4ccc5c(c4)c4ccccc4n5-c4ccccc4)c4ccc5ccccc5c34)cc21. The predicted octanol–water partition coefficient (Wildman–Crippen LogP) is 16.8. The topological polar surface area (TPSA) is 8.17 Å². The maximum Gasteiger partial charge on any atom is 0.0546 e. The third-order valence-electron chi connectivity index (χ3n) is 14.8. The molecule has 0 spiro atoms. The lowest BCUT2D eigenvalue weighted by Gasteiger charge is -2.31. The number of aromatic nitrogens is 1. The Morgan fingerprint density at radius 3 is 1.59 bits per heavy atom. The molecule has 304 valence electrons. The third kappa shape index (κ3) is 5.14. The lowest BCUT2D eigenvalue weighted by atomic mass is 9.82. The fourth-order valence-corrected chi connectivity index (χ4v) is 11.6. The van der Waals surface area contributed by atoms with Crippen LogP contribution >= 0.6 is 0 Å². The smallest absolute Gasteiger partial charge is 0.0546 e. The third-order valence-corrected chi connectivity index (χ3v) is 14.8. The second-order valence-corrected chi connectivity index (χ2v) is 18.9. The zero-order valence-electron chi connectivity index (χ0n) is 36.5. The highest BCUT2D eigenvalue weighted by Gasteiger charge is 2.38. The van der Waals surface area contributed by atoms with E-state index in [0.717, 1.165) is 11.4 Å². The van der Waals surface area contributed by atoms with E-state index in [0.29, 0.717) is 0 Å². The molecule has 64 heavy (non-hydrogen) atoms. The standard InChI is InChI=1S/C62H46N2/c1-61(2)53-23-13-10-20-46(53)48-31-28-42(37-55(48)61)63(43-29-32-49-47-21-11-14-24-54(47)62(3,4)56(49)38-43)59-35-33-44(51-30-26-39-16-8-9-19-45(39)60(51)59)40-27-34-58-52(36-40)50-22-12-15-25-57(50)64(58)41-17-6-5-7-18-41/h5-38H,1-4H3. The Hall–Kier alpha value is -7.68. The van der Waals surface area contributed by atoms with E-state index in [2.05, 4.69) is 243 Å². The van der Waals surface area contributed by atoms with Gasteiger partial charge in [-0.05, 0) is 132 Å². The first-order valence-electron chi connectivity index (χ1n) is 22.6. The van der Waals surface area contributed by atoms with Crippen LogP contribution in [0.5, 0.6) is 0 Å². The first-order valence-corrected chi connectivity index (χ1v) is 22.6. The summed E-state index contributed by atoms with van der Waals surface area (Å²) in [4.78, 5) is 2.55. The fourth-order valence-electron chi connectivity index (χ4n) is 11.6. The number of para-hydroxylation sites is 2. The summed E-state index contributed by atoms with van der Waals surface area (Å²) >= 11 is 0. The lowest BCUT2D eigenvalue weighted by molar-refractivity contribution is 0.660. The molecule has 0 radical (unpaired) electrons. The van der Waals surface area contributed by atoms with Crippen LogP contribution in [-0.4, -0.2) is 4.57 Å². The maximum absolute atomic E-state index is 2.55. The number of anilines is 3. The highest BCUT2D eigenvalue weighted by molar-refractivity contribution is 6.20. The van der Waals surface area contributed by atoms with Gasteiger partial charge in [-0.1, -0.05) is 173 Å². The second-order valence-electron chi connectivity index (χ2n) is 18.9. The first-order chi connectivity index (χ1) is 31.3. The molecule has 11 aromatic rings. The molecule has 0 aliphatic heterocycles. The molecule has 2 heteroatoms. The van der Waals surface area contributed by atoms with Crippen LogP contribution in [0.25, 0.3) is 82.4 Å². The Kier molecular flexibility index (Phi) is 7.74. The van der Waals surface area contributed by atoms with E-state index in [9.17, 15) is 0 Å². The minimum atomic E-state index is -0.143. The van der Waals surface area contributed by atoms with Crippen LogP contribution in [0.4, 0.5) is 17.1 Å². The molecule has 0 atom stereocenters. The van der Waals surface area contributed by atoms with Gasteiger partial charge in [0.25, 0.3) is 0 Å². The number of fused-ring (bicyclic) bond motifs is 12. The van der Waals surface area contributed by atoms with Gasteiger partial charge in [-0.3, -0.25) is 0 Å². The highest BCUT2D eigenvalue weighted by atomic mass is 15.1. The molecule has 0 unspecified atom stereocenters. The lowest BCUT2D eigenvalue weighted by Crippen LogP contribution is -2.18. The van der Waals surface area contributed by atoms with E-state index in [1.54, 1.807) is 0 Å². The second kappa shape index (κ2) is 13.4. The average Bonchev–Trinajstić information content (AvgIpc) is 3.88. The molecule has 1 aromatic heterocycles. The summed E-state index contributed by atoms with van der Waals surface area (Å²) in [5.41, 5.74) is 20.0. The normalized spacial score (nSPS) is 14.2. The summed E-state index contributed by atoms with van der Waals surface area (Å²) in [6.45, 7) is 9.53. The average molecular weight is 819 g/mol. The molecular weight excluding hydrogens is 773 g/mol. The molecule has 0 N–H and O–H groups in total. The van der Waals surface area contributed by atoms with Crippen molar-refractivity contribution in [3.05, 3.63) is 229 Å². The monoisotopic (exact) mass is 818 g/mol. The van der Waals surface area contributed by atoms with Gasteiger partial charge in [0.1, 0.15) is 0 Å². The molecule has 2 aliphatic carbocycles. The number of hydrogen-bond acceptors (Lipinski definition) is 1. The van der Waals surface area contributed by atoms with Gasteiger partial charge in [-0.15, -0.1) is 0 Å². The molecule has 0 saturated heterocycles. The largest absolute Gasteiger partial charge is 0.310 e. The van der Waals surface area contributed by atoms with E-state index < -0.39 is 0 Å². The Morgan fingerprint density at radius 1 is 0.359 bits per heavy atom. The van der Waals surface area contributed by atoms with E-state index >= 15 is 0 Å². The van der Waals surface area contributed by atoms with Crippen molar-refractivity contribution in [2.24, 2.45) is 0 Å². The Morgan fingerprint density at radius 2 is 0.906 bits per heavy atom. The van der Waals surface area contributed by atoms with Crippen LogP contribution in [0.3, 0.4) is 0 Å². The van der Waals surface area contributed by atoms with Crippen molar-refractivity contribution >= 4 is 60.4 Å². The molecule has 0 amide bonds. The maximum atomic E-state index is 2.55. The Bertz CT molecular complexity index is 3630. The van der Waals surface area contributed by atoms with Gasteiger partial charge < -0.3 is 9.47 Å². The van der Waals surface area contributed by atoms with Gasteiger partial charge in [0.2, 0.25) is 0 Å². The van der Waals surface area contributed by atoms with E-state index in [4.69, 9.17) is 0 Å². The molecule has 0 saturated carbocycles. The molecule has 0 fully saturated rings. The predicted molar refractivity (Wildman–Crippen MR) is 271 cm³/mol. The zero-order valence-corrected chi connectivity index (χ0v) is 36.5. The molecule has 1 heterocycles. The highest BCUT2D eigenvalue weighted by Crippen LogP contribution is 2.54. The van der Waals surface area contributed by atoms with Crippen LogP contribution in [-0.2, 0) is 10.8 Å². The van der Waals surface area contributed by atoms with Crippen molar-refractivity contribution in [3.8, 4) is 39.1 Å². The van der Waals surface area contributed by atoms with Crippen LogP contribution in [0.1, 0.15) is 49.9 Å². The van der Waals surface area contributed by atoms with Crippen molar-refractivity contribution in [1.29, 1.82) is 0 Å². The van der Waals surface area contributed by atoms with Crippen molar-refractivity contribution in [3.63, 3.8) is 0 Å². The molecular formula is C62H46N2. The van der Waals surface area contributed by atoms with Gasteiger partial charge in [0.15, 0.2) is 0 Å². The zero-order chi connectivity index (χ0) is 42.9. The van der Waals surface area contributed by atoms with Gasteiger partial charge in [0, 0.05) is 44.1 Å². The summed E-state index contributed by atoms with van der Waals surface area (Å²) < 4.78 is 2.40. The molecule has 2 aliphatic rings. The van der Waals surface area contributed by atoms with Gasteiger partial charge in [-0.25, -0.2) is 0 Å². The number of rotatable bonds is 5. The molecule has 2 nitrogen and oxygen atoms in total. The summed E-state index contributed by atoms with van der Waals surface area (Å²) in [5, 5.41) is 7.45. The molecule has 10 aromatic carbocycles.